The van der Waals surface area contributed by atoms with Gasteiger partial charge in [0, 0.05) is 29.1 Å². The predicted octanol–water partition coefficient (Wildman–Crippen LogP) is 2.77. The number of carboxylic acid groups (broad SMARTS) is 3. The van der Waals surface area contributed by atoms with E-state index in [-0.39, 0.29) is 12.4 Å². The molecule has 6 N–H and O–H groups in total. The summed E-state index contributed by atoms with van der Waals surface area (Å²) in [5, 5.41) is 47.8. The number of nitrogens with one attached hydrogen (secondary N) is 1. The monoisotopic (exact) mass is 573 g/mol. The van der Waals surface area contributed by atoms with E-state index in [1.807, 2.05) is 58.0 Å². The predicted molar refractivity (Wildman–Crippen MR) is 147 cm³/mol. The number of ketones is 1. The molecule has 0 radical (unpaired) electrons. The van der Waals surface area contributed by atoms with E-state index < -0.39 is 42.5 Å². The molecular weight excluding hydrogens is 538 g/mol. The summed E-state index contributed by atoms with van der Waals surface area (Å²) in [6, 6.07) is 13.2. The lowest BCUT2D eigenvalue weighted by Crippen LogP contribution is -2.42. The van der Waals surface area contributed by atoms with Gasteiger partial charge in [0.15, 0.2) is 11.4 Å². The topological polar surface area (TPSA) is 204 Å². The smallest absolute Gasteiger partial charge is 0.336 e. The molecule has 1 atom stereocenters. The van der Waals surface area contributed by atoms with Gasteiger partial charge in [-0.15, -0.1) is 0 Å². The Labute approximate surface area is 236 Å². The highest BCUT2D eigenvalue weighted by atomic mass is 16.5. The molecule has 0 aliphatic heterocycles. The molecule has 1 aromatic heterocycles. The van der Waals surface area contributed by atoms with Crippen LogP contribution in [0.2, 0.25) is 0 Å². The van der Waals surface area contributed by atoms with Crippen molar-refractivity contribution >= 4 is 34.7 Å². The SMILES string of the molecule is Cc1ccc(C(=O)c2oc3ccc(OCC(O)CNC(C)C)cc3c2C)cc1.O=C(O)CC(O)(CC(=O)O)C(=O)O. The quantitative estimate of drug-likeness (QED) is 0.163. The molecule has 0 saturated heterocycles. The Kier molecular flexibility index (Phi) is 11.6. The maximum absolute atomic E-state index is 12.8. The van der Waals surface area contributed by atoms with Crippen molar-refractivity contribution in [2.75, 3.05) is 13.2 Å². The summed E-state index contributed by atoms with van der Waals surface area (Å²) in [7, 11) is 0. The van der Waals surface area contributed by atoms with Crippen LogP contribution in [0, 0.1) is 13.8 Å². The maximum Gasteiger partial charge on any atom is 0.336 e. The lowest BCUT2D eigenvalue weighted by Gasteiger charge is -2.18. The number of rotatable bonds is 13. The lowest BCUT2D eigenvalue weighted by molar-refractivity contribution is -0.170. The zero-order chi connectivity index (χ0) is 30.9. The minimum atomic E-state index is -2.74. The van der Waals surface area contributed by atoms with Crippen LogP contribution < -0.4 is 10.1 Å². The van der Waals surface area contributed by atoms with Gasteiger partial charge >= 0.3 is 17.9 Å². The minimum absolute atomic E-state index is 0.133. The summed E-state index contributed by atoms with van der Waals surface area (Å²) in [4.78, 5) is 43.3. The number of furan rings is 1. The second kappa shape index (κ2) is 14.4. The average Bonchev–Trinajstić information content (AvgIpc) is 3.21. The van der Waals surface area contributed by atoms with Crippen LogP contribution in [0.15, 0.2) is 46.9 Å². The van der Waals surface area contributed by atoms with E-state index in [1.165, 1.54) is 0 Å². The lowest BCUT2D eigenvalue weighted by atomic mass is 9.96. The van der Waals surface area contributed by atoms with Crippen molar-refractivity contribution in [3.05, 3.63) is 64.9 Å². The van der Waals surface area contributed by atoms with E-state index in [9.17, 15) is 24.3 Å². The van der Waals surface area contributed by atoms with Gasteiger partial charge in [-0.2, -0.15) is 0 Å². The summed E-state index contributed by atoms with van der Waals surface area (Å²) in [5.74, 6) is -4.17. The van der Waals surface area contributed by atoms with Gasteiger partial charge < -0.3 is 40.0 Å². The number of hydrogen-bond donors (Lipinski definition) is 6. The summed E-state index contributed by atoms with van der Waals surface area (Å²) in [5.41, 5.74) is 0.392. The number of aliphatic carboxylic acids is 3. The van der Waals surface area contributed by atoms with Gasteiger partial charge in [0.25, 0.3) is 0 Å². The van der Waals surface area contributed by atoms with E-state index >= 15 is 0 Å². The third-order valence-electron chi connectivity index (χ3n) is 5.92. The number of hydrogen-bond acceptors (Lipinski definition) is 9. The third kappa shape index (κ3) is 9.71. The van der Waals surface area contributed by atoms with Gasteiger partial charge in [-0.3, -0.25) is 14.4 Å². The highest BCUT2D eigenvalue weighted by molar-refractivity contribution is 6.10. The van der Waals surface area contributed by atoms with Crippen molar-refractivity contribution in [1.82, 2.24) is 5.32 Å². The van der Waals surface area contributed by atoms with Crippen LogP contribution in [0.1, 0.15) is 53.9 Å². The molecule has 2 aromatic carbocycles. The molecule has 0 amide bonds. The van der Waals surface area contributed by atoms with Crippen molar-refractivity contribution in [1.29, 1.82) is 0 Å². The molecule has 222 valence electrons. The number of carboxylic acids is 3. The van der Waals surface area contributed by atoms with Gasteiger partial charge in [-0.05, 0) is 32.0 Å². The minimum Gasteiger partial charge on any atom is -0.491 e. The molecular formula is C29H35NO11. The van der Waals surface area contributed by atoms with Crippen LogP contribution in [-0.2, 0) is 14.4 Å². The Hall–Kier alpha value is -4.26. The fraction of sp³-hybridized carbons (Fsp3) is 0.379. The fourth-order valence-electron chi connectivity index (χ4n) is 3.68. The van der Waals surface area contributed by atoms with Crippen molar-refractivity contribution in [2.24, 2.45) is 0 Å². The van der Waals surface area contributed by atoms with Crippen LogP contribution >= 0.6 is 0 Å². The Morgan fingerprint density at radius 1 is 0.951 bits per heavy atom. The van der Waals surface area contributed by atoms with Crippen LogP contribution in [0.3, 0.4) is 0 Å². The number of fused-ring (bicyclic) bond motifs is 1. The molecule has 0 aliphatic rings. The van der Waals surface area contributed by atoms with Crippen molar-refractivity contribution in [3.8, 4) is 5.75 Å². The van der Waals surface area contributed by atoms with Crippen LogP contribution in [-0.4, -0.2) is 80.1 Å². The zero-order valence-electron chi connectivity index (χ0n) is 23.2. The molecule has 12 nitrogen and oxygen atoms in total. The molecule has 0 aliphatic carbocycles. The van der Waals surface area contributed by atoms with Crippen LogP contribution in [0.4, 0.5) is 0 Å². The first-order valence-corrected chi connectivity index (χ1v) is 12.7. The van der Waals surface area contributed by atoms with E-state index in [2.05, 4.69) is 5.32 Å². The standard InChI is InChI=1S/C23H27NO4.C6H8O7/c1-14(2)24-12-18(25)13-27-19-9-10-21-20(11-19)16(4)23(28-21)22(26)17-7-5-15(3)6-8-17;7-3(8)1-6(13,5(11)12)2-4(9)10/h5-11,14,18,24-25H,12-13H2,1-4H3;13H,1-2H2,(H,7,8)(H,9,10)(H,11,12). The Bertz CT molecular complexity index is 1360. The summed E-state index contributed by atoms with van der Waals surface area (Å²) in [6.07, 6.45) is -2.88. The summed E-state index contributed by atoms with van der Waals surface area (Å²) in [6.45, 7) is 8.57. The molecule has 0 saturated carbocycles. The van der Waals surface area contributed by atoms with E-state index in [4.69, 9.17) is 29.6 Å². The molecule has 0 spiro atoms. The molecule has 12 heteroatoms. The van der Waals surface area contributed by atoms with Gasteiger partial charge in [-0.25, -0.2) is 4.79 Å². The second-order valence-corrected chi connectivity index (χ2v) is 9.91. The van der Waals surface area contributed by atoms with Crippen LogP contribution in [0.5, 0.6) is 5.75 Å². The number of aliphatic hydroxyl groups excluding tert-OH is 1. The fourth-order valence-corrected chi connectivity index (χ4v) is 3.68. The van der Waals surface area contributed by atoms with Gasteiger partial charge in [0.2, 0.25) is 5.78 Å². The average molecular weight is 574 g/mol. The number of carbonyl (C=O) groups excluding carboxylic acids is 1. The van der Waals surface area contributed by atoms with E-state index in [1.54, 1.807) is 12.1 Å². The molecule has 0 bridgehead atoms. The molecule has 1 unspecified atom stereocenters. The van der Waals surface area contributed by atoms with Gasteiger partial charge in [-0.1, -0.05) is 43.7 Å². The van der Waals surface area contributed by atoms with Gasteiger partial charge in [0.1, 0.15) is 24.0 Å². The van der Waals surface area contributed by atoms with Gasteiger partial charge in [0.05, 0.1) is 12.8 Å². The number of carbonyl (C=O) groups is 4. The summed E-state index contributed by atoms with van der Waals surface area (Å²) >= 11 is 0. The number of ether oxygens (including phenoxy) is 1. The number of aryl methyl sites for hydroxylation is 2. The Balaban J connectivity index is 0.000000383. The first-order chi connectivity index (χ1) is 19.1. The maximum atomic E-state index is 12.8. The zero-order valence-corrected chi connectivity index (χ0v) is 23.2. The Morgan fingerprint density at radius 2 is 1.54 bits per heavy atom. The molecule has 41 heavy (non-hydrogen) atoms. The van der Waals surface area contributed by atoms with Crippen molar-refractivity contribution < 1.29 is 53.9 Å². The number of benzene rings is 2. The second-order valence-electron chi connectivity index (χ2n) is 9.91. The third-order valence-corrected chi connectivity index (χ3v) is 5.92. The molecule has 3 rings (SSSR count). The normalized spacial score (nSPS) is 12.0. The molecule has 0 fully saturated rings. The largest absolute Gasteiger partial charge is 0.491 e. The highest BCUT2D eigenvalue weighted by Gasteiger charge is 2.40. The van der Waals surface area contributed by atoms with E-state index in [0.29, 0.717) is 35.2 Å². The summed E-state index contributed by atoms with van der Waals surface area (Å²) < 4.78 is 11.5. The van der Waals surface area contributed by atoms with E-state index in [0.717, 1.165) is 16.5 Å². The molecule has 1 heterocycles. The molecule has 3 aromatic rings. The first-order valence-electron chi connectivity index (χ1n) is 12.7. The van der Waals surface area contributed by atoms with Crippen LogP contribution in [0.25, 0.3) is 11.0 Å². The first kappa shape index (κ1) is 32.9. The van der Waals surface area contributed by atoms with Crippen molar-refractivity contribution in [3.63, 3.8) is 0 Å². The Morgan fingerprint density at radius 3 is 2.05 bits per heavy atom. The number of aliphatic hydroxyl groups is 2. The van der Waals surface area contributed by atoms with Crippen molar-refractivity contribution in [2.45, 2.75) is 58.3 Å². The highest BCUT2D eigenvalue weighted by Crippen LogP contribution is 2.30.